The Kier molecular flexibility index (Phi) is 5.87. The molecular weight excluding hydrogens is 382 g/mol. The zero-order valence-electron chi connectivity index (χ0n) is 15.3. The molecule has 3 aromatic rings. The van der Waals surface area contributed by atoms with Crippen LogP contribution in [0.1, 0.15) is 26.8 Å². The summed E-state index contributed by atoms with van der Waals surface area (Å²) in [5.74, 6) is -0.167. The predicted octanol–water partition coefficient (Wildman–Crippen LogP) is 4.75. The summed E-state index contributed by atoms with van der Waals surface area (Å²) in [7, 11) is 0. The van der Waals surface area contributed by atoms with Crippen molar-refractivity contribution in [2.75, 3.05) is 5.32 Å². The van der Waals surface area contributed by atoms with Gasteiger partial charge in [-0.2, -0.15) is 0 Å². The minimum atomic E-state index is -0.432. The van der Waals surface area contributed by atoms with E-state index in [4.69, 9.17) is 11.6 Å². The molecule has 0 aliphatic rings. The molecule has 0 saturated carbocycles. The lowest BCUT2D eigenvalue weighted by Crippen LogP contribution is -2.28. The average molecular weight is 402 g/mol. The maximum Gasteiger partial charge on any atom is 0.262 e. The van der Waals surface area contributed by atoms with Gasteiger partial charge in [-0.15, -0.1) is 0 Å². The second-order valence-corrected chi connectivity index (χ2v) is 8.18. The van der Waals surface area contributed by atoms with E-state index in [2.05, 4.69) is 10.3 Å². The molecule has 0 spiro atoms. The molecule has 1 amide bonds. The van der Waals surface area contributed by atoms with Gasteiger partial charge in [-0.1, -0.05) is 35.5 Å². The number of para-hydroxylation sites is 1. The van der Waals surface area contributed by atoms with Gasteiger partial charge in [0, 0.05) is 16.8 Å². The van der Waals surface area contributed by atoms with E-state index in [0.717, 1.165) is 0 Å². The molecule has 0 aliphatic heterocycles. The van der Waals surface area contributed by atoms with Crippen molar-refractivity contribution in [3.63, 3.8) is 0 Å². The highest BCUT2D eigenvalue weighted by Crippen LogP contribution is 2.25. The number of nitrogens with one attached hydrogen (secondary N) is 1. The summed E-state index contributed by atoms with van der Waals surface area (Å²) >= 11 is 7.14. The second-order valence-electron chi connectivity index (χ2n) is 6.44. The van der Waals surface area contributed by atoms with Crippen molar-refractivity contribution in [1.82, 2.24) is 9.55 Å². The number of thioether (sulfide) groups is 1. The van der Waals surface area contributed by atoms with E-state index in [1.165, 1.54) is 11.8 Å². The van der Waals surface area contributed by atoms with E-state index in [-0.39, 0.29) is 17.5 Å². The van der Waals surface area contributed by atoms with Crippen LogP contribution in [-0.2, 0) is 4.79 Å². The van der Waals surface area contributed by atoms with Gasteiger partial charge in [0.2, 0.25) is 5.91 Å². The molecule has 0 saturated heterocycles. The smallest absolute Gasteiger partial charge is 0.262 e. The monoisotopic (exact) mass is 401 g/mol. The van der Waals surface area contributed by atoms with E-state index in [1.807, 2.05) is 32.0 Å². The summed E-state index contributed by atoms with van der Waals surface area (Å²) in [6.07, 6.45) is 0. The lowest BCUT2D eigenvalue weighted by molar-refractivity contribution is -0.115. The van der Waals surface area contributed by atoms with Crippen LogP contribution in [0, 0.1) is 0 Å². The standard InChI is InChI=1S/C20H20ClN3O2S/c1-12(2)24-19(26)16-6-4-5-7-17(16)23-20(24)27-13(3)18(25)22-15-10-8-14(21)9-11-15/h4-13H,1-3H3,(H,22,25). The Bertz CT molecular complexity index is 1030. The van der Waals surface area contributed by atoms with Crippen LogP contribution in [0.3, 0.4) is 0 Å². The second kappa shape index (κ2) is 8.15. The fourth-order valence-electron chi connectivity index (χ4n) is 2.65. The SMILES string of the molecule is CC(Sc1nc2ccccc2c(=O)n1C(C)C)C(=O)Nc1ccc(Cl)cc1. The Balaban J connectivity index is 1.88. The summed E-state index contributed by atoms with van der Waals surface area (Å²) in [6, 6.07) is 14.1. The molecule has 27 heavy (non-hydrogen) atoms. The summed E-state index contributed by atoms with van der Waals surface area (Å²) in [6.45, 7) is 5.66. The van der Waals surface area contributed by atoms with Gasteiger partial charge in [-0.05, 0) is 57.2 Å². The molecule has 3 rings (SSSR count). The minimum Gasteiger partial charge on any atom is -0.325 e. The van der Waals surface area contributed by atoms with Gasteiger partial charge in [-0.3, -0.25) is 14.2 Å². The molecule has 1 aromatic heterocycles. The summed E-state index contributed by atoms with van der Waals surface area (Å²) in [4.78, 5) is 30.0. The van der Waals surface area contributed by atoms with Crippen molar-refractivity contribution in [2.24, 2.45) is 0 Å². The molecule has 0 bridgehead atoms. The number of fused-ring (bicyclic) bond motifs is 1. The lowest BCUT2D eigenvalue weighted by Gasteiger charge is -2.18. The van der Waals surface area contributed by atoms with Crippen molar-refractivity contribution in [3.05, 3.63) is 63.9 Å². The van der Waals surface area contributed by atoms with Crippen LogP contribution in [-0.4, -0.2) is 20.7 Å². The first-order chi connectivity index (χ1) is 12.9. The molecule has 1 unspecified atom stereocenters. The number of carbonyl (C=O) groups is 1. The Morgan fingerprint density at radius 1 is 1.11 bits per heavy atom. The number of benzene rings is 2. The van der Waals surface area contributed by atoms with Gasteiger partial charge >= 0.3 is 0 Å². The summed E-state index contributed by atoms with van der Waals surface area (Å²) < 4.78 is 1.64. The summed E-state index contributed by atoms with van der Waals surface area (Å²) in [5.41, 5.74) is 1.21. The van der Waals surface area contributed by atoms with E-state index in [0.29, 0.717) is 26.8 Å². The fourth-order valence-corrected chi connectivity index (χ4v) is 3.82. The molecule has 1 atom stereocenters. The topological polar surface area (TPSA) is 64.0 Å². The highest BCUT2D eigenvalue weighted by Gasteiger charge is 2.20. The molecule has 1 N–H and O–H groups in total. The van der Waals surface area contributed by atoms with Crippen LogP contribution in [0.2, 0.25) is 5.02 Å². The largest absolute Gasteiger partial charge is 0.325 e. The minimum absolute atomic E-state index is 0.0661. The van der Waals surface area contributed by atoms with E-state index < -0.39 is 5.25 Å². The Hall–Kier alpha value is -2.31. The fraction of sp³-hybridized carbons (Fsp3) is 0.250. The number of carbonyl (C=O) groups excluding carboxylic acids is 1. The zero-order valence-corrected chi connectivity index (χ0v) is 16.8. The van der Waals surface area contributed by atoms with Crippen LogP contribution in [0.5, 0.6) is 0 Å². The van der Waals surface area contributed by atoms with Gasteiger partial charge in [0.15, 0.2) is 5.16 Å². The first-order valence-corrected chi connectivity index (χ1v) is 9.87. The average Bonchev–Trinajstić information content (AvgIpc) is 2.63. The summed E-state index contributed by atoms with van der Waals surface area (Å²) in [5, 5.41) is 4.14. The third-order valence-electron chi connectivity index (χ3n) is 4.06. The third kappa shape index (κ3) is 4.34. The quantitative estimate of drug-likeness (QED) is 0.495. The normalized spacial score (nSPS) is 12.3. The first-order valence-electron chi connectivity index (χ1n) is 8.61. The van der Waals surface area contributed by atoms with Crippen molar-refractivity contribution < 1.29 is 4.79 Å². The molecular formula is C20H20ClN3O2S. The van der Waals surface area contributed by atoms with Gasteiger partial charge in [0.05, 0.1) is 16.2 Å². The van der Waals surface area contributed by atoms with Crippen LogP contribution in [0.25, 0.3) is 10.9 Å². The van der Waals surface area contributed by atoms with Gasteiger partial charge in [-0.25, -0.2) is 4.98 Å². The van der Waals surface area contributed by atoms with Crippen molar-refractivity contribution in [3.8, 4) is 0 Å². The van der Waals surface area contributed by atoms with Crippen molar-refractivity contribution >= 4 is 45.9 Å². The number of amides is 1. The van der Waals surface area contributed by atoms with Crippen molar-refractivity contribution in [1.29, 1.82) is 0 Å². The molecule has 0 radical (unpaired) electrons. The van der Waals surface area contributed by atoms with E-state index in [9.17, 15) is 9.59 Å². The number of anilines is 1. The van der Waals surface area contributed by atoms with Crippen LogP contribution < -0.4 is 10.9 Å². The number of halogens is 1. The molecule has 2 aromatic carbocycles. The molecule has 140 valence electrons. The van der Waals surface area contributed by atoms with Crippen LogP contribution >= 0.6 is 23.4 Å². The van der Waals surface area contributed by atoms with E-state index in [1.54, 1.807) is 41.8 Å². The number of hydrogen-bond donors (Lipinski definition) is 1. The maximum absolute atomic E-state index is 12.9. The predicted molar refractivity (Wildman–Crippen MR) is 112 cm³/mol. The molecule has 0 aliphatic carbocycles. The van der Waals surface area contributed by atoms with Gasteiger partial charge < -0.3 is 5.32 Å². The number of rotatable bonds is 5. The number of hydrogen-bond acceptors (Lipinski definition) is 4. The molecule has 7 heteroatoms. The first kappa shape index (κ1) is 19.5. The van der Waals surface area contributed by atoms with Crippen LogP contribution in [0.4, 0.5) is 5.69 Å². The third-order valence-corrected chi connectivity index (χ3v) is 5.37. The molecule has 0 fully saturated rings. The lowest BCUT2D eigenvalue weighted by atomic mass is 10.2. The molecule has 1 heterocycles. The van der Waals surface area contributed by atoms with Gasteiger partial charge in [0.1, 0.15) is 0 Å². The van der Waals surface area contributed by atoms with E-state index >= 15 is 0 Å². The number of nitrogens with zero attached hydrogens (tertiary/aromatic N) is 2. The maximum atomic E-state index is 12.9. The highest BCUT2D eigenvalue weighted by atomic mass is 35.5. The zero-order chi connectivity index (χ0) is 19.6. The highest BCUT2D eigenvalue weighted by molar-refractivity contribution is 8.00. The Morgan fingerprint density at radius 3 is 2.44 bits per heavy atom. The Morgan fingerprint density at radius 2 is 1.78 bits per heavy atom. The van der Waals surface area contributed by atoms with Gasteiger partial charge in [0.25, 0.3) is 5.56 Å². The number of aromatic nitrogens is 2. The van der Waals surface area contributed by atoms with Crippen molar-refractivity contribution in [2.45, 2.75) is 37.2 Å². The van der Waals surface area contributed by atoms with Crippen LogP contribution in [0.15, 0.2) is 58.5 Å². The Labute approximate surface area is 166 Å². The molecule has 5 nitrogen and oxygen atoms in total.